The first kappa shape index (κ1) is 22.4. The van der Waals surface area contributed by atoms with Crippen LogP contribution in [0.5, 0.6) is 5.75 Å². The first-order chi connectivity index (χ1) is 11.5. The molecule has 0 aliphatic heterocycles. The number of thioether (sulfide) groups is 1. The van der Waals surface area contributed by atoms with Gasteiger partial charge in [-0.2, -0.15) is 11.8 Å². The van der Waals surface area contributed by atoms with Gasteiger partial charge >= 0.3 is 0 Å². The summed E-state index contributed by atoms with van der Waals surface area (Å²) in [6.07, 6.45) is 7.27. The standard InChI is InChI=1S/C19H31N3OS.HI/c1-5-20-19(22-16-7-6-8-17(11-16)24-4)21-12-15-9-13(2)18(23)14(3)10-15;/h9-10,16-17,23H,5-8,11-12H2,1-4H3,(H2,20,21,22);1H. The minimum atomic E-state index is 0. The smallest absolute Gasteiger partial charge is 0.191 e. The minimum absolute atomic E-state index is 0. The van der Waals surface area contributed by atoms with Crippen molar-refractivity contribution in [2.24, 2.45) is 4.99 Å². The van der Waals surface area contributed by atoms with Crippen LogP contribution >= 0.6 is 35.7 Å². The molecule has 0 radical (unpaired) electrons. The molecule has 0 aromatic heterocycles. The maximum absolute atomic E-state index is 9.89. The average molecular weight is 477 g/mol. The first-order valence-corrected chi connectivity index (χ1v) is 10.2. The lowest BCUT2D eigenvalue weighted by atomic mass is 9.95. The highest BCUT2D eigenvalue weighted by Gasteiger charge is 2.21. The molecule has 1 saturated carbocycles. The van der Waals surface area contributed by atoms with Crippen LogP contribution in [0.1, 0.15) is 49.3 Å². The number of halogens is 1. The van der Waals surface area contributed by atoms with Crippen LogP contribution in [0.3, 0.4) is 0 Å². The van der Waals surface area contributed by atoms with E-state index < -0.39 is 0 Å². The van der Waals surface area contributed by atoms with Crippen molar-refractivity contribution in [1.29, 1.82) is 0 Å². The molecule has 6 heteroatoms. The highest BCUT2D eigenvalue weighted by molar-refractivity contribution is 14.0. The number of guanidine groups is 1. The van der Waals surface area contributed by atoms with E-state index in [1.54, 1.807) is 0 Å². The fourth-order valence-corrected chi connectivity index (χ4v) is 4.14. The monoisotopic (exact) mass is 477 g/mol. The maximum Gasteiger partial charge on any atom is 0.191 e. The molecule has 2 rings (SSSR count). The van der Waals surface area contributed by atoms with Gasteiger partial charge in [-0.1, -0.05) is 18.6 Å². The molecule has 2 unspecified atom stereocenters. The number of hydrogen-bond acceptors (Lipinski definition) is 3. The quantitative estimate of drug-likeness (QED) is 0.335. The van der Waals surface area contributed by atoms with Gasteiger partial charge in [0.25, 0.3) is 0 Å². The van der Waals surface area contributed by atoms with Gasteiger partial charge in [0, 0.05) is 17.8 Å². The zero-order valence-corrected chi connectivity index (χ0v) is 18.9. The highest BCUT2D eigenvalue weighted by Crippen LogP contribution is 2.27. The number of rotatable bonds is 5. The Morgan fingerprint density at radius 1 is 1.28 bits per heavy atom. The topological polar surface area (TPSA) is 56.7 Å². The number of aryl methyl sites for hydroxylation is 2. The molecule has 1 aliphatic carbocycles. The van der Waals surface area contributed by atoms with E-state index in [2.05, 4.69) is 23.8 Å². The van der Waals surface area contributed by atoms with Crippen LogP contribution in [-0.4, -0.2) is 35.2 Å². The lowest BCUT2D eigenvalue weighted by Crippen LogP contribution is -2.45. The molecule has 0 spiro atoms. The van der Waals surface area contributed by atoms with Crippen LogP contribution in [0.15, 0.2) is 17.1 Å². The summed E-state index contributed by atoms with van der Waals surface area (Å²) < 4.78 is 0. The molecule has 3 N–H and O–H groups in total. The molecule has 0 amide bonds. The Balaban J connectivity index is 0.00000312. The number of nitrogens with zero attached hydrogens (tertiary/aromatic N) is 1. The Morgan fingerprint density at radius 3 is 2.56 bits per heavy atom. The van der Waals surface area contributed by atoms with Gasteiger partial charge in [-0.25, -0.2) is 4.99 Å². The number of nitrogens with one attached hydrogen (secondary N) is 2. The van der Waals surface area contributed by atoms with Gasteiger partial charge in [0.05, 0.1) is 6.54 Å². The van der Waals surface area contributed by atoms with E-state index in [1.807, 2.05) is 37.7 Å². The minimum Gasteiger partial charge on any atom is -0.507 e. The third kappa shape index (κ3) is 6.89. The summed E-state index contributed by atoms with van der Waals surface area (Å²) in [5, 5.41) is 17.6. The molecule has 142 valence electrons. The van der Waals surface area contributed by atoms with Crippen LogP contribution < -0.4 is 10.6 Å². The van der Waals surface area contributed by atoms with Crippen molar-refractivity contribution in [1.82, 2.24) is 10.6 Å². The Kier molecular flexibility index (Phi) is 10.0. The fraction of sp³-hybridized carbons (Fsp3) is 0.632. The number of benzene rings is 1. The summed E-state index contributed by atoms with van der Waals surface area (Å²) >= 11 is 1.98. The third-order valence-corrected chi connectivity index (χ3v) is 5.71. The Morgan fingerprint density at radius 2 is 1.96 bits per heavy atom. The molecule has 1 fully saturated rings. The van der Waals surface area contributed by atoms with Gasteiger partial charge < -0.3 is 15.7 Å². The molecule has 0 saturated heterocycles. The van der Waals surface area contributed by atoms with Crippen molar-refractivity contribution < 1.29 is 5.11 Å². The van der Waals surface area contributed by atoms with Crippen LogP contribution in [-0.2, 0) is 6.54 Å². The van der Waals surface area contributed by atoms with Gasteiger partial charge in [0.2, 0.25) is 0 Å². The molecule has 1 aromatic carbocycles. The molecule has 1 aromatic rings. The van der Waals surface area contributed by atoms with E-state index in [9.17, 15) is 5.11 Å². The van der Waals surface area contributed by atoms with Crippen molar-refractivity contribution in [3.05, 3.63) is 28.8 Å². The largest absolute Gasteiger partial charge is 0.507 e. The van der Waals surface area contributed by atoms with E-state index in [4.69, 9.17) is 4.99 Å². The first-order valence-electron chi connectivity index (χ1n) is 8.90. The second-order valence-electron chi connectivity index (χ2n) is 6.64. The number of aliphatic imine (C=N–C) groups is 1. The zero-order chi connectivity index (χ0) is 17.5. The summed E-state index contributed by atoms with van der Waals surface area (Å²) in [6.45, 7) is 7.44. The highest BCUT2D eigenvalue weighted by atomic mass is 127. The second-order valence-corrected chi connectivity index (χ2v) is 7.78. The predicted octanol–water partition coefficient (Wildman–Crippen LogP) is 4.36. The van der Waals surface area contributed by atoms with Crippen LogP contribution in [0.2, 0.25) is 0 Å². The summed E-state index contributed by atoms with van der Waals surface area (Å²) in [7, 11) is 0. The van der Waals surface area contributed by atoms with Crippen LogP contribution in [0.25, 0.3) is 0 Å². The van der Waals surface area contributed by atoms with Crippen LogP contribution in [0, 0.1) is 13.8 Å². The van der Waals surface area contributed by atoms with Crippen LogP contribution in [0.4, 0.5) is 0 Å². The lowest BCUT2D eigenvalue weighted by Gasteiger charge is -2.29. The SMILES string of the molecule is CCNC(=NCc1cc(C)c(O)c(C)c1)NC1CCCC(SC)C1.I. The van der Waals surface area contributed by atoms with Gasteiger partial charge in [0.15, 0.2) is 5.96 Å². The molecule has 4 nitrogen and oxygen atoms in total. The molecule has 1 aliphatic rings. The molecule has 2 atom stereocenters. The fourth-order valence-electron chi connectivity index (χ4n) is 3.31. The van der Waals surface area contributed by atoms with Gasteiger partial charge in [-0.3, -0.25) is 0 Å². The van der Waals surface area contributed by atoms with E-state index in [-0.39, 0.29) is 24.0 Å². The van der Waals surface area contributed by atoms with E-state index in [1.165, 1.54) is 25.7 Å². The van der Waals surface area contributed by atoms with Crippen molar-refractivity contribution >= 4 is 41.7 Å². The second kappa shape index (κ2) is 11.2. The van der Waals surface area contributed by atoms with Gasteiger partial charge in [0.1, 0.15) is 5.75 Å². The Labute approximate surface area is 173 Å². The molecule has 0 bridgehead atoms. The maximum atomic E-state index is 9.89. The summed E-state index contributed by atoms with van der Waals surface area (Å²) in [5.74, 6) is 1.28. The van der Waals surface area contributed by atoms with E-state index >= 15 is 0 Å². The number of hydrogen-bond donors (Lipinski definition) is 3. The molecular formula is C19H32IN3OS. The molecular weight excluding hydrogens is 445 g/mol. The normalized spacial score (nSPS) is 20.7. The Bertz CT molecular complexity index is 557. The van der Waals surface area contributed by atoms with E-state index in [0.29, 0.717) is 18.3 Å². The summed E-state index contributed by atoms with van der Waals surface area (Å²) in [6, 6.07) is 4.54. The number of aromatic hydroxyl groups is 1. The van der Waals surface area contributed by atoms with Crippen molar-refractivity contribution in [2.45, 2.75) is 64.3 Å². The van der Waals surface area contributed by atoms with Crippen molar-refractivity contribution in [3.8, 4) is 5.75 Å². The molecule has 0 heterocycles. The summed E-state index contributed by atoms with van der Waals surface area (Å²) in [5.41, 5.74) is 2.95. The van der Waals surface area contributed by atoms with Crippen molar-refractivity contribution in [2.75, 3.05) is 12.8 Å². The Hall–Kier alpha value is -0.630. The third-order valence-electron chi connectivity index (χ3n) is 4.62. The zero-order valence-electron chi connectivity index (χ0n) is 15.8. The van der Waals surface area contributed by atoms with Gasteiger partial charge in [-0.05, 0) is 63.0 Å². The van der Waals surface area contributed by atoms with Crippen molar-refractivity contribution in [3.63, 3.8) is 0 Å². The lowest BCUT2D eigenvalue weighted by molar-refractivity contribution is 0.419. The number of phenolic OH excluding ortho intramolecular Hbond substituents is 1. The van der Waals surface area contributed by atoms with E-state index in [0.717, 1.165) is 34.4 Å². The summed E-state index contributed by atoms with van der Waals surface area (Å²) in [4.78, 5) is 4.75. The van der Waals surface area contributed by atoms with Gasteiger partial charge in [-0.15, -0.1) is 24.0 Å². The number of phenols is 1. The predicted molar refractivity (Wildman–Crippen MR) is 121 cm³/mol. The molecule has 25 heavy (non-hydrogen) atoms. The average Bonchev–Trinajstić information content (AvgIpc) is 2.57.